The molecule has 0 spiro atoms. The monoisotopic (exact) mass is 791 g/mol. The lowest BCUT2D eigenvalue weighted by atomic mass is 10.1. The fourth-order valence-electron chi connectivity index (χ4n) is 3.02. The third kappa shape index (κ3) is 18.2. The molecule has 4 aromatic heterocycles. The van der Waals surface area contributed by atoms with Crippen molar-refractivity contribution in [1.29, 1.82) is 10.5 Å². The van der Waals surface area contributed by atoms with Crippen LogP contribution in [0.4, 0.5) is 5.69 Å². The summed E-state index contributed by atoms with van der Waals surface area (Å²) in [4.78, 5) is 56.9. The van der Waals surface area contributed by atoms with Gasteiger partial charge in [0.25, 0.3) is 17.8 Å². The Morgan fingerprint density at radius 2 is 1.56 bits per heavy atom. The number of thiol groups is 1. The van der Waals surface area contributed by atoms with Gasteiger partial charge in [-0.2, -0.15) is 10.5 Å². The third-order valence-electron chi connectivity index (χ3n) is 5.02. The molecule has 266 valence electrons. The summed E-state index contributed by atoms with van der Waals surface area (Å²) in [6.45, 7) is 23.5. The zero-order chi connectivity index (χ0) is 39.3. The van der Waals surface area contributed by atoms with Gasteiger partial charge in [0, 0.05) is 15.3 Å². The van der Waals surface area contributed by atoms with Gasteiger partial charge >= 0.3 is 18.5 Å². The van der Waals surface area contributed by atoms with Crippen molar-refractivity contribution in [1.82, 2.24) is 4.98 Å². The van der Waals surface area contributed by atoms with E-state index in [9.17, 15) is 19.2 Å². The van der Waals surface area contributed by atoms with Crippen LogP contribution in [0, 0.1) is 42.4 Å². The molecule has 0 radical (unpaired) electrons. The zero-order valence-corrected chi connectivity index (χ0v) is 31.7. The molecule has 0 atom stereocenters. The molecule has 4 rings (SSSR count). The maximum atomic E-state index is 11.6. The number of nitrogens with two attached hydrogens (primary N) is 1. The van der Waals surface area contributed by atoms with E-state index in [-0.39, 0.29) is 46.5 Å². The fraction of sp³-hybridized carbons (Fsp3) is 0.176. The number of esters is 2. The minimum absolute atomic E-state index is 0.0364. The van der Waals surface area contributed by atoms with Crippen LogP contribution < -0.4 is 11.3 Å². The van der Waals surface area contributed by atoms with E-state index in [0.717, 1.165) is 16.0 Å². The Kier molecular flexibility index (Phi) is 24.7. The van der Waals surface area contributed by atoms with E-state index in [1.807, 2.05) is 46.5 Å². The summed E-state index contributed by atoms with van der Waals surface area (Å²) in [5, 5.41) is 23.6. The van der Waals surface area contributed by atoms with Gasteiger partial charge in [-0.3, -0.25) is 9.59 Å². The average Bonchev–Trinajstić information content (AvgIpc) is 3.93. The van der Waals surface area contributed by atoms with Crippen LogP contribution in [0.1, 0.15) is 34.0 Å². The van der Waals surface area contributed by atoms with Crippen molar-refractivity contribution in [2.45, 2.75) is 18.9 Å². The number of aromatic nitrogens is 1. The number of rotatable bonds is 8. The molecule has 13 nitrogen and oxygen atoms in total. The van der Waals surface area contributed by atoms with Gasteiger partial charge in [0.15, 0.2) is 11.3 Å². The van der Waals surface area contributed by atoms with E-state index in [2.05, 4.69) is 49.1 Å². The lowest BCUT2D eigenvalue weighted by molar-refractivity contribution is -0.140. The average molecular weight is 792 g/mol. The Morgan fingerprint density at radius 3 is 1.94 bits per heavy atom. The van der Waals surface area contributed by atoms with Gasteiger partial charge in [0.1, 0.15) is 17.7 Å². The van der Waals surface area contributed by atoms with Crippen molar-refractivity contribution in [2.24, 2.45) is 5.73 Å². The number of thiocarbonyl (C=S) groups is 1. The molecular weight excluding hydrogens is 763 g/mol. The van der Waals surface area contributed by atoms with Crippen LogP contribution in [0.5, 0.6) is 0 Å². The molecule has 52 heavy (non-hydrogen) atoms. The SMILES string of the molecule is CCOC(=O)/C(C#N)=C/c1cccs1.O=Cc1cccs1.[C-]#[N+]CC(=O)OCC.[C-]#[N+]CC(N)=S.[C-]#[N+]c1c(-c2cccs2)c(C#N)c(S)[nH]c1=O. The summed E-state index contributed by atoms with van der Waals surface area (Å²) >= 11 is 12.7. The Bertz CT molecular complexity index is 2040. The number of aldehydes is 1. The molecule has 0 bridgehead atoms. The standard InChI is InChI=1S/C11H5N3OS2.C10H9NO2S.C5H7NO2.C5H4OS.C3H4N2S/c1-13-9-8(7-3-2-4-17-7)6(5-12)11(16)14-10(9)15;1-2-13-10(12)8(7-11)6-9-4-3-5-14-9;1-3-8-5(7)4-6-2;6-4-5-2-1-3-7-5;1-5-2-3(4)6/h2-4H,(H2,14,15,16);3-6H,2H2,1H3;3-4H2,1H3;1-4H;2H2,(H2,4,6)/b;8-6+;;;. The number of H-pyrrole nitrogens is 1. The van der Waals surface area contributed by atoms with Crippen LogP contribution >= 0.6 is 58.9 Å². The van der Waals surface area contributed by atoms with Crippen LogP contribution in [0.15, 0.2) is 67.9 Å². The zero-order valence-electron chi connectivity index (χ0n) is 27.5. The summed E-state index contributed by atoms with van der Waals surface area (Å²) in [7, 11) is 0. The summed E-state index contributed by atoms with van der Waals surface area (Å²) in [5.74, 6) is -1.01. The van der Waals surface area contributed by atoms with E-state index in [4.69, 9.17) is 40.7 Å². The molecule has 0 aliphatic carbocycles. The number of nitrogens with zero attached hydrogens (tertiary/aromatic N) is 5. The molecular formula is C34H29N7O6S5. The van der Waals surface area contributed by atoms with Crippen LogP contribution in [0.3, 0.4) is 0 Å². The van der Waals surface area contributed by atoms with Gasteiger partial charge in [0.05, 0.1) is 35.3 Å². The van der Waals surface area contributed by atoms with E-state index >= 15 is 0 Å². The number of hydrogen-bond acceptors (Lipinski definition) is 13. The van der Waals surface area contributed by atoms with Crippen molar-refractivity contribution in [3.63, 3.8) is 0 Å². The Labute approximate surface area is 323 Å². The lowest BCUT2D eigenvalue weighted by Gasteiger charge is -2.05. The van der Waals surface area contributed by atoms with E-state index in [1.165, 1.54) is 40.1 Å². The van der Waals surface area contributed by atoms with Gasteiger partial charge in [-0.05, 0) is 54.3 Å². The van der Waals surface area contributed by atoms with Crippen molar-refractivity contribution in [2.75, 3.05) is 26.3 Å². The molecule has 0 saturated heterocycles. The number of thiophene rings is 3. The molecule has 0 amide bonds. The molecule has 0 saturated carbocycles. The predicted octanol–water partition coefficient (Wildman–Crippen LogP) is 7.25. The summed E-state index contributed by atoms with van der Waals surface area (Å²) < 4.78 is 9.15. The minimum Gasteiger partial charge on any atom is -0.462 e. The van der Waals surface area contributed by atoms with Gasteiger partial charge in [-0.15, -0.1) is 46.6 Å². The van der Waals surface area contributed by atoms with Gasteiger partial charge < -0.3 is 29.9 Å². The number of nitrogens with one attached hydrogen (secondary N) is 1. The quantitative estimate of drug-likeness (QED) is 0.0312. The van der Waals surface area contributed by atoms with Gasteiger partial charge in [-0.25, -0.2) is 27.6 Å². The second kappa shape index (κ2) is 27.9. The molecule has 18 heteroatoms. The first-order valence-corrected chi connectivity index (χ1v) is 17.7. The maximum Gasteiger partial charge on any atom is 0.387 e. The third-order valence-corrected chi connectivity index (χ3v) is 7.98. The number of ether oxygens (including phenoxy) is 2. The highest BCUT2D eigenvalue weighted by molar-refractivity contribution is 7.80. The minimum atomic E-state index is -0.566. The topological polar surface area (TPSA) is 189 Å². The predicted molar refractivity (Wildman–Crippen MR) is 209 cm³/mol. The molecule has 0 aromatic carbocycles. The van der Waals surface area contributed by atoms with Crippen LogP contribution in [-0.2, 0) is 19.1 Å². The first-order chi connectivity index (χ1) is 25.0. The maximum absolute atomic E-state index is 11.6. The van der Waals surface area contributed by atoms with Crippen LogP contribution in [0.2, 0.25) is 0 Å². The molecule has 0 unspecified atom stereocenters. The molecule has 0 aliphatic rings. The Hall–Kier alpha value is -5.91. The Morgan fingerprint density at radius 1 is 0.981 bits per heavy atom. The summed E-state index contributed by atoms with van der Waals surface area (Å²) in [5.41, 5.74) is 4.96. The van der Waals surface area contributed by atoms with Gasteiger partial charge in [-0.1, -0.05) is 30.4 Å². The van der Waals surface area contributed by atoms with Crippen molar-refractivity contribution < 1.29 is 23.9 Å². The second-order valence-electron chi connectivity index (χ2n) is 8.55. The van der Waals surface area contributed by atoms with Crippen LogP contribution in [0.25, 0.3) is 31.1 Å². The highest BCUT2D eigenvalue weighted by Gasteiger charge is 2.18. The van der Waals surface area contributed by atoms with Crippen LogP contribution in [-0.4, -0.2) is 54.5 Å². The van der Waals surface area contributed by atoms with Gasteiger partial charge in [0.2, 0.25) is 0 Å². The molecule has 4 aromatic rings. The first kappa shape index (κ1) is 46.1. The summed E-state index contributed by atoms with van der Waals surface area (Å²) in [6.07, 6.45) is 2.38. The highest BCUT2D eigenvalue weighted by Crippen LogP contribution is 2.35. The first-order valence-electron chi connectivity index (χ1n) is 14.2. The number of nitriles is 2. The molecule has 3 N–H and O–H groups in total. The molecule has 4 heterocycles. The number of carbonyl (C=O) groups excluding carboxylic acids is 3. The van der Waals surface area contributed by atoms with E-state index in [0.29, 0.717) is 17.0 Å². The number of pyridine rings is 1. The number of carbonyl (C=O) groups is 3. The van der Waals surface area contributed by atoms with Crippen molar-refractivity contribution >= 4 is 93.8 Å². The summed E-state index contributed by atoms with van der Waals surface area (Å²) in [6, 6.07) is 14.7. The lowest BCUT2D eigenvalue weighted by Crippen LogP contribution is -2.09. The normalized spacial score (nSPS) is 9.08. The highest BCUT2D eigenvalue weighted by atomic mass is 32.1. The largest absolute Gasteiger partial charge is 0.462 e. The van der Waals surface area contributed by atoms with Crippen molar-refractivity contribution in [3.8, 4) is 22.6 Å². The van der Waals surface area contributed by atoms with E-state index < -0.39 is 17.5 Å². The number of hydrogen-bond donors (Lipinski definition) is 3. The smallest absolute Gasteiger partial charge is 0.387 e. The fourth-order valence-corrected chi connectivity index (χ4v) is 5.31. The molecule has 0 fully saturated rings. The second-order valence-corrected chi connectivity index (χ2v) is 12.4. The molecule has 0 aliphatic heterocycles. The van der Waals surface area contributed by atoms with E-state index in [1.54, 1.807) is 32.0 Å². The Balaban J connectivity index is 0.000000666. The van der Waals surface area contributed by atoms with Crippen molar-refractivity contribution in [3.05, 3.63) is 118 Å². The number of aromatic amines is 1.